The molecular formula is C23H33N3O4. The fourth-order valence-electron chi connectivity index (χ4n) is 3.31. The van der Waals surface area contributed by atoms with Crippen molar-refractivity contribution in [2.24, 2.45) is 4.99 Å². The molecule has 2 aromatic rings. The van der Waals surface area contributed by atoms with Crippen LogP contribution in [-0.2, 0) is 12.8 Å². The Bertz CT molecular complexity index is 853. The maximum Gasteiger partial charge on any atom is 0.203 e. The van der Waals surface area contributed by atoms with Gasteiger partial charge in [-0.3, -0.25) is 4.99 Å². The first-order valence-corrected chi connectivity index (χ1v) is 9.93. The molecule has 2 N–H and O–H groups in total. The van der Waals surface area contributed by atoms with Gasteiger partial charge in [0.25, 0.3) is 0 Å². The first-order valence-electron chi connectivity index (χ1n) is 9.93. The Kier molecular flexibility index (Phi) is 9.12. The van der Waals surface area contributed by atoms with Crippen molar-refractivity contribution in [3.05, 3.63) is 47.0 Å². The largest absolute Gasteiger partial charge is 0.496 e. The molecule has 0 bridgehead atoms. The smallest absolute Gasteiger partial charge is 0.203 e. The molecule has 0 aliphatic heterocycles. The zero-order valence-electron chi connectivity index (χ0n) is 18.8. The van der Waals surface area contributed by atoms with Gasteiger partial charge in [0.1, 0.15) is 5.75 Å². The predicted molar refractivity (Wildman–Crippen MR) is 121 cm³/mol. The van der Waals surface area contributed by atoms with Gasteiger partial charge in [0.15, 0.2) is 17.5 Å². The number of benzene rings is 2. The van der Waals surface area contributed by atoms with Crippen molar-refractivity contribution in [2.45, 2.75) is 19.8 Å². The lowest BCUT2D eigenvalue weighted by Crippen LogP contribution is -2.39. The van der Waals surface area contributed by atoms with E-state index in [4.69, 9.17) is 18.9 Å². The lowest BCUT2D eigenvalue weighted by atomic mass is 10.1. The monoisotopic (exact) mass is 415 g/mol. The number of nitrogens with one attached hydrogen (secondary N) is 2. The van der Waals surface area contributed by atoms with Crippen LogP contribution in [0.3, 0.4) is 0 Å². The van der Waals surface area contributed by atoms with E-state index < -0.39 is 0 Å². The quantitative estimate of drug-likeness (QED) is 0.459. The SMILES string of the molecule is CN=C(NCCc1cc(C)ccc1OC)NCCc1ccc(OC)c(OC)c1OC. The van der Waals surface area contributed by atoms with Crippen molar-refractivity contribution < 1.29 is 18.9 Å². The summed E-state index contributed by atoms with van der Waals surface area (Å²) in [7, 11) is 8.32. The highest BCUT2D eigenvalue weighted by Crippen LogP contribution is 2.39. The van der Waals surface area contributed by atoms with Crippen molar-refractivity contribution in [3.63, 3.8) is 0 Å². The van der Waals surface area contributed by atoms with Crippen LogP contribution >= 0.6 is 0 Å². The first kappa shape index (κ1) is 23.2. The van der Waals surface area contributed by atoms with Crippen LogP contribution in [0.15, 0.2) is 35.3 Å². The van der Waals surface area contributed by atoms with E-state index in [0.29, 0.717) is 23.8 Å². The van der Waals surface area contributed by atoms with Crippen molar-refractivity contribution >= 4 is 5.96 Å². The molecular weight excluding hydrogens is 382 g/mol. The Morgan fingerprint density at radius 2 is 1.37 bits per heavy atom. The maximum atomic E-state index is 5.55. The number of hydrogen-bond donors (Lipinski definition) is 2. The molecule has 0 aromatic heterocycles. The molecule has 164 valence electrons. The fourth-order valence-corrected chi connectivity index (χ4v) is 3.31. The van der Waals surface area contributed by atoms with E-state index in [1.165, 1.54) is 11.1 Å². The molecule has 0 heterocycles. The summed E-state index contributed by atoms with van der Waals surface area (Å²) in [5.74, 6) is 3.60. The lowest BCUT2D eigenvalue weighted by Gasteiger charge is -2.17. The van der Waals surface area contributed by atoms with Crippen LogP contribution in [0, 0.1) is 6.92 Å². The van der Waals surface area contributed by atoms with Crippen LogP contribution in [0.4, 0.5) is 0 Å². The number of nitrogens with zero attached hydrogens (tertiary/aromatic N) is 1. The van der Waals surface area contributed by atoms with Crippen LogP contribution in [0.2, 0.25) is 0 Å². The van der Waals surface area contributed by atoms with Gasteiger partial charge in [-0.25, -0.2) is 0 Å². The Balaban J connectivity index is 1.90. The average molecular weight is 416 g/mol. The van der Waals surface area contributed by atoms with Crippen molar-refractivity contribution in [3.8, 4) is 23.0 Å². The van der Waals surface area contributed by atoms with Crippen LogP contribution in [0.1, 0.15) is 16.7 Å². The van der Waals surface area contributed by atoms with Crippen LogP contribution < -0.4 is 29.6 Å². The Hall–Kier alpha value is -3.09. The van der Waals surface area contributed by atoms with Gasteiger partial charge in [-0.1, -0.05) is 23.8 Å². The van der Waals surface area contributed by atoms with Gasteiger partial charge in [-0.15, -0.1) is 0 Å². The standard InChI is InChI=1S/C23H33N3O4/c1-16-7-9-19(27-3)18(15-16)12-14-26-23(24-2)25-13-11-17-8-10-20(28-4)22(30-6)21(17)29-5/h7-10,15H,11-14H2,1-6H3,(H2,24,25,26). The molecule has 2 rings (SSSR count). The molecule has 0 radical (unpaired) electrons. The highest BCUT2D eigenvalue weighted by molar-refractivity contribution is 5.79. The predicted octanol–water partition coefficient (Wildman–Crippen LogP) is 2.98. The number of rotatable bonds is 10. The van der Waals surface area contributed by atoms with E-state index in [1.54, 1.807) is 35.5 Å². The van der Waals surface area contributed by atoms with E-state index in [9.17, 15) is 0 Å². The number of aryl methyl sites for hydroxylation is 1. The summed E-state index contributed by atoms with van der Waals surface area (Å²) in [6.45, 7) is 3.53. The molecule has 0 saturated heterocycles. The number of hydrogen-bond acceptors (Lipinski definition) is 5. The molecule has 0 aliphatic rings. The topological polar surface area (TPSA) is 73.3 Å². The van der Waals surface area contributed by atoms with Crippen LogP contribution in [0.5, 0.6) is 23.0 Å². The Morgan fingerprint density at radius 3 is 1.93 bits per heavy atom. The summed E-state index contributed by atoms with van der Waals surface area (Å²) >= 11 is 0. The molecule has 0 spiro atoms. The highest BCUT2D eigenvalue weighted by Gasteiger charge is 2.15. The fraction of sp³-hybridized carbons (Fsp3) is 0.435. The van der Waals surface area contributed by atoms with Gasteiger partial charge >= 0.3 is 0 Å². The minimum atomic E-state index is 0.604. The number of ether oxygens (including phenoxy) is 4. The molecule has 0 unspecified atom stereocenters. The van der Waals surface area contributed by atoms with Gasteiger partial charge in [0.05, 0.1) is 28.4 Å². The second-order valence-corrected chi connectivity index (χ2v) is 6.73. The van der Waals surface area contributed by atoms with E-state index in [2.05, 4.69) is 34.7 Å². The third kappa shape index (κ3) is 5.95. The second-order valence-electron chi connectivity index (χ2n) is 6.73. The molecule has 7 nitrogen and oxygen atoms in total. The summed E-state index contributed by atoms with van der Waals surface area (Å²) in [5.41, 5.74) is 3.43. The summed E-state index contributed by atoms with van der Waals surface area (Å²) < 4.78 is 21.8. The van der Waals surface area contributed by atoms with E-state index >= 15 is 0 Å². The first-order chi connectivity index (χ1) is 14.6. The van der Waals surface area contributed by atoms with Crippen molar-refractivity contribution in [1.82, 2.24) is 10.6 Å². The molecule has 0 atom stereocenters. The van der Waals surface area contributed by atoms with Gasteiger partial charge in [0.2, 0.25) is 5.75 Å². The number of methoxy groups -OCH3 is 4. The summed E-state index contributed by atoms with van der Waals surface area (Å²) in [4.78, 5) is 4.30. The van der Waals surface area contributed by atoms with E-state index in [-0.39, 0.29) is 0 Å². The normalized spacial score (nSPS) is 11.1. The van der Waals surface area contributed by atoms with Gasteiger partial charge in [-0.2, -0.15) is 0 Å². The van der Waals surface area contributed by atoms with Crippen LogP contribution in [-0.4, -0.2) is 54.5 Å². The minimum Gasteiger partial charge on any atom is -0.496 e. The molecule has 2 aromatic carbocycles. The number of guanidine groups is 1. The summed E-state index contributed by atoms with van der Waals surface area (Å²) in [6.07, 6.45) is 1.59. The number of aliphatic imine (C=N–C) groups is 1. The minimum absolute atomic E-state index is 0.604. The van der Waals surface area contributed by atoms with Gasteiger partial charge < -0.3 is 29.6 Å². The molecule has 30 heavy (non-hydrogen) atoms. The molecule has 0 saturated carbocycles. The molecule has 0 amide bonds. The second kappa shape index (κ2) is 11.8. The third-order valence-electron chi connectivity index (χ3n) is 4.82. The van der Waals surface area contributed by atoms with E-state index in [1.807, 2.05) is 18.2 Å². The van der Waals surface area contributed by atoms with Crippen molar-refractivity contribution in [1.29, 1.82) is 0 Å². The van der Waals surface area contributed by atoms with E-state index in [0.717, 1.165) is 36.7 Å². The Morgan fingerprint density at radius 1 is 0.767 bits per heavy atom. The van der Waals surface area contributed by atoms with Crippen molar-refractivity contribution in [2.75, 3.05) is 48.6 Å². The zero-order valence-corrected chi connectivity index (χ0v) is 18.8. The van der Waals surface area contributed by atoms with Gasteiger partial charge in [-0.05, 0) is 37.5 Å². The zero-order chi connectivity index (χ0) is 21.9. The summed E-state index contributed by atoms with van der Waals surface area (Å²) in [6, 6.07) is 10.1. The molecule has 0 aliphatic carbocycles. The maximum absolute atomic E-state index is 5.55. The Labute approximate surface area is 179 Å². The summed E-state index contributed by atoms with van der Waals surface area (Å²) in [5, 5.41) is 6.69. The average Bonchev–Trinajstić information content (AvgIpc) is 2.77. The highest BCUT2D eigenvalue weighted by atomic mass is 16.5. The van der Waals surface area contributed by atoms with Gasteiger partial charge in [0, 0.05) is 25.7 Å². The lowest BCUT2D eigenvalue weighted by molar-refractivity contribution is 0.322. The third-order valence-corrected chi connectivity index (χ3v) is 4.82. The molecule has 0 fully saturated rings. The molecule has 7 heteroatoms. The van der Waals surface area contributed by atoms with Crippen LogP contribution in [0.25, 0.3) is 0 Å².